The molecule has 1 heterocycles. The van der Waals surface area contributed by atoms with Gasteiger partial charge in [0.05, 0.1) is 5.69 Å². The molecule has 0 aliphatic carbocycles. The first-order valence-electron chi connectivity index (χ1n) is 3.45. The Hall–Kier alpha value is -1.84. The molecule has 2 aromatic rings. The monoisotopic (exact) mass is 160 g/mol. The van der Waals surface area contributed by atoms with Crippen LogP contribution in [0.4, 0.5) is 0 Å². The number of para-hydroxylation sites is 1. The maximum absolute atomic E-state index is 9.16. The summed E-state index contributed by atoms with van der Waals surface area (Å²) in [4.78, 5) is 0. The normalized spacial score (nSPS) is 10.0. The number of aromatic nitrogens is 3. The summed E-state index contributed by atoms with van der Waals surface area (Å²) in [5, 5.41) is 16.0. The molecule has 0 spiro atoms. The molecule has 0 unspecified atom stereocenters. The van der Waals surface area contributed by atoms with Gasteiger partial charge in [-0.1, -0.05) is 23.3 Å². The summed E-state index contributed by atoms with van der Waals surface area (Å²) in [7, 11) is 0. The summed E-state index contributed by atoms with van der Waals surface area (Å²) in [5.74, 6) is 0. The van der Waals surface area contributed by atoms with Crippen molar-refractivity contribution < 1.29 is 5.11 Å². The van der Waals surface area contributed by atoms with Crippen LogP contribution < -0.4 is 0 Å². The molecule has 0 saturated carbocycles. The van der Waals surface area contributed by atoms with E-state index in [1.54, 1.807) is 0 Å². The number of hydrogen-bond donors (Lipinski definition) is 1. The molecule has 0 aliphatic heterocycles. The number of nitrogens with zero attached hydrogens (tertiary/aromatic N) is 3. The SMILES string of the molecule is Oc1nn[c]n1-c1ccccc1. The van der Waals surface area contributed by atoms with Crippen LogP contribution in [0.25, 0.3) is 5.69 Å². The Balaban J connectivity index is 2.51. The standard InChI is InChI=1S/C8H6N3O/c12-8-10-9-6-11(8)7-4-2-1-3-5-7/h1-5H,(H,10,12). The van der Waals surface area contributed by atoms with Gasteiger partial charge in [-0.25, -0.2) is 4.57 Å². The van der Waals surface area contributed by atoms with Gasteiger partial charge >= 0.3 is 6.01 Å². The van der Waals surface area contributed by atoms with Crippen molar-refractivity contribution >= 4 is 0 Å². The average molecular weight is 160 g/mol. The summed E-state index contributed by atoms with van der Waals surface area (Å²) in [6.07, 6.45) is 2.53. The molecule has 1 radical (unpaired) electrons. The van der Waals surface area contributed by atoms with Gasteiger partial charge in [-0.05, 0) is 12.1 Å². The Morgan fingerprint density at radius 2 is 2.00 bits per heavy atom. The lowest BCUT2D eigenvalue weighted by molar-refractivity contribution is 0.419. The largest absolute Gasteiger partial charge is 0.479 e. The van der Waals surface area contributed by atoms with Gasteiger partial charge in [0.25, 0.3) is 0 Å². The minimum atomic E-state index is -0.152. The summed E-state index contributed by atoms with van der Waals surface area (Å²) in [6, 6.07) is 9.14. The van der Waals surface area contributed by atoms with E-state index in [0.29, 0.717) is 0 Å². The molecule has 1 aromatic carbocycles. The fraction of sp³-hybridized carbons (Fsp3) is 0. The van der Waals surface area contributed by atoms with Crippen LogP contribution in [0.1, 0.15) is 0 Å². The zero-order chi connectivity index (χ0) is 8.39. The van der Waals surface area contributed by atoms with Gasteiger partial charge in [0, 0.05) is 0 Å². The van der Waals surface area contributed by atoms with E-state index in [1.807, 2.05) is 30.3 Å². The molecule has 0 saturated heterocycles. The number of aromatic hydroxyl groups is 1. The predicted octanol–water partition coefficient (Wildman–Crippen LogP) is 0.773. The molecule has 59 valence electrons. The van der Waals surface area contributed by atoms with Gasteiger partial charge in [0.1, 0.15) is 0 Å². The van der Waals surface area contributed by atoms with Crippen molar-refractivity contribution in [1.82, 2.24) is 14.8 Å². The Morgan fingerprint density at radius 3 is 2.58 bits per heavy atom. The van der Waals surface area contributed by atoms with E-state index in [9.17, 15) is 0 Å². The van der Waals surface area contributed by atoms with Crippen LogP contribution >= 0.6 is 0 Å². The zero-order valence-corrected chi connectivity index (χ0v) is 6.18. The summed E-state index contributed by atoms with van der Waals surface area (Å²) >= 11 is 0. The van der Waals surface area contributed by atoms with Gasteiger partial charge < -0.3 is 5.11 Å². The number of rotatable bonds is 1. The Morgan fingerprint density at radius 1 is 1.25 bits per heavy atom. The highest BCUT2D eigenvalue weighted by molar-refractivity contribution is 5.32. The van der Waals surface area contributed by atoms with Gasteiger partial charge in [0.15, 0.2) is 0 Å². The molecule has 12 heavy (non-hydrogen) atoms. The van der Waals surface area contributed by atoms with E-state index in [-0.39, 0.29) is 6.01 Å². The fourth-order valence-electron chi connectivity index (χ4n) is 0.952. The van der Waals surface area contributed by atoms with Gasteiger partial charge in [0.2, 0.25) is 6.33 Å². The molecule has 1 aromatic heterocycles. The minimum absolute atomic E-state index is 0.152. The molecule has 4 heteroatoms. The average Bonchev–Trinajstić information content (AvgIpc) is 2.53. The quantitative estimate of drug-likeness (QED) is 0.670. The smallest absolute Gasteiger partial charge is 0.319 e. The highest BCUT2D eigenvalue weighted by Crippen LogP contribution is 2.11. The second-order valence-electron chi connectivity index (χ2n) is 2.27. The first-order chi connectivity index (χ1) is 5.88. The zero-order valence-electron chi connectivity index (χ0n) is 6.18. The van der Waals surface area contributed by atoms with E-state index in [0.717, 1.165) is 5.69 Å². The third-order valence-corrected chi connectivity index (χ3v) is 1.50. The van der Waals surface area contributed by atoms with Crippen LogP contribution in [0.3, 0.4) is 0 Å². The molecule has 0 amide bonds. The first kappa shape index (κ1) is 6.84. The molecular formula is C8H6N3O. The minimum Gasteiger partial charge on any atom is -0.479 e. The van der Waals surface area contributed by atoms with Crippen LogP contribution in [0.15, 0.2) is 30.3 Å². The van der Waals surface area contributed by atoms with Crippen molar-refractivity contribution in [2.75, 3.05) is 0 Å². The van der Waals surface area contributed by atoms with Crippen LogP contribution in [0.5, 0.6) is 6.01 Å². The maximum atomic E-state index is 9.16. The number of hydrogen-bond acceptors (Lipinski definition) is 3. The fourth-order valence-corrected chi connectivity index (χ4v) is 0.952. The first-order valence-corrected chi connectivity index (χ1v) is 3.45. The third-order valence-electron chi connectivity index (χ3n) is 1.50. The van der Waals surface area contributed by atoms with Crippen molar-refractivity contribution in [2.24, 2.45) is 0 Å². The Labute approximate surface area is 69.1 Å². The van der Waals surface area contributed by atoms with E-state index < -0.39 is 0 Å². The second-order valence-corrected chi connectivity index (χ2v) is 2.27. The van der Waals surface area contributed by atoms with Crippen molar-refractivity contribution in [2.45, 2.75) is 0 Å². The Bertz CT molecular complexity index is 369. The second kappa shape index (κ2) is 2.65. The van der Waals surface area contributed by atoms with Crippen molar-refractivity contribution in [1.29, 1.82) is 0 Å². The van der Waals surface area contributed by atoms with Gasteiger partial charge in [-0.2, -0.15) is 0 Å². The molecule has 0 fully saturated rings. The molecular weight excluding hydrogens is 154 g/mol. The van der Waals surface area contributed by atoms with Crippen molar-refractivity contribution in [3.8, 4) is 11.7 Å². The van der Waals surface area contributed by atoms with Gasteiger partial charge in [-0.15, -0.1) is 5.10 Å². The van der Waals surface area contributed by atoms with E-state index in [1.165, 1.54) is 4.57 Å². The molecule has 0 aliphatic rings. The van der Waals surface area contributed by atoms with Crippen LogP contribution in [0, 0.1) is 6.33 Å². The number of benzene rings is 1. The van der Waals surface area contributed by atoms with Crippen molar-refractivity contribution in [3.05, 3.63) is 36.7 Å². The highest BCUT2D eigenvalue weighted by atomic mass is 16.3. The third kappa shape index (κ3) is 1.03. The molecule has 0 bridgehead atoms. The van der Waals surface area contributed by atoms with Crippen LogP contribution in [-0.2, 0) is 0 Å². The topological polar surface area (TPSA) is 50.9 Å². The van der Waals surface area contributed by atoms with E-state index in [2.05, 4.69) is 16.5 Å². The summed E-state index contributed by atoms with van der Waals surface area (Å²) < 4.78 is 1.38. The van der Waals surface area contributed by atoms with Crippen molar-refractivity contribution in [3.63, 3.8) is 0 Å². The maximum Gasteiger partial charge on any atom is 0.319 e. The van der Waals surface area contributed by atoms with E-state index >= 15 is 0 Å². The van der Waals surface area contributed by atoms with Crippen LogP contribution in [0.2, 0.25) is 0 Å². The molecule has 2 rings (SSSR count). The Kier molecular flexibility index (Phi) is 1.51. The summed E-state index contributed by atoms with van der Waals surface area (Å²) in [6.45, 7) is 0. The van der Waals surface area contributed by atoms with Gasteiger partial charge in [-0.3, -0.25) is 0 Å². The molecule has 1 N–H and O–H groups in total. The summed E-state index contributed by atoms with van der Waals surface area (Å²) in [5.41, 5.74) is 0.792. The lowest BCUT2D eigenvalue weighted by atomic mass is 10.3. The predicted molar refractivity (Wildman–Crippen MR) is 41.9 cm³/mol. The lowest BCUT2D eigenvalue weighted by Crippen LogP contribution is -1.90. The van der Waals surface area contributed by atoms with Crippen LogP contribution in [-0.4, -0.2) is 19.9 Å². The highest BCUT2D eigenvalue weighted by Gasteiger charge is 2.02. The molecule has 0 atom stereocenters. The molecule has 4 nitrogen and oxygen atoms in total. The lowest BCUT2D eigenvalue weighted by Gasteiger charge is -1.98. The van der Waals surface area contributed by atoms with E-state index in [4.69, 9.17) is 5.11 Å².